The van der Waals surface area contributed by atoms with Gasteiger partial charge in [0.2, 0.25) is 15.9 Å². The molecule has 2 N–H and O–H groups in total. The summed E-state index contributed by atoms with van der Waals surface area (Å²) in [5.74, 6) is -1.14. The highest BCUT2D eigenvalue weighted by Gasteiger charge is 2.66. The van der Waals surface area contributed by atoms with E-state index in [1.165, 1.54) is 36.1 Å². The van der Waals surface area contributed by atoms with Gasteiger partial charge in [0.15, 0.2) is 5.69 Å². The minimum Gasteiger partial charge on any atom is -0.496 e. The van der Waals surface area contributed by atoms with Crippen LogP contribution < -0.4 is 19.5 Å². The standard InChI is InChI=1S/C38H45F3N6O7S2/c1-7-9-10-11-16-47(37(19-23(37)8-2)34(49)45-56(51,52)36(4)14-15-36)35(50)46-20-24(17-27(46)32(48)42-5)54-29-18-26(33-44-30(21-55-33)38(39,40)41)43-31-22(3)28(53-6)13-12-25(29)31/h7-8,12-13,18,21,23-24,27H,1-2,9-11,14-17,19-20H2,3-6H3,(H,42,48)(H,45,49)/t23-,24?,27?,37-/m1/s1. The van der Waals surface area contributed by atoms with Gasteiger partial charge < -0.3 is 24.6 Å². The molecule has 1 aromatic carbocycles. The lowest BCUT2D eigenvalue weighted by molar-refractivity contribution is -0.140. The Hall–Kier alpha value is -4.71. The number of rotatable bonds is 15. The number of unbranched alkanes of at least 4 members (excludes halogenated alkanes) is 2. The molecular weight excluding hydrogens is 774 g/mol. The molecule has 4 atom stereocenters. The van der Waals surface area contributed by atoms with Crippen LogP contribution in [0.25, 0.3) is 21.6 Å². The molecule has 2 aliphatic carbocycles. The van der Waals surface area contributed by atoms with Gasteiger partial charge in [-0.1, -0.05) is 12.2 Å². The zero-order valence-corrected chi connectivity index (χ0v) is 33.2. The molecule has 56 heavy (non-hydrogen) atoms. The lowest BCUT2D eigenvalue weighted by Crippen LogP contribution is -2.60. The fourth-order valence-corrected chi connectivity index (χ4v) is 9.32. The number of methoxy groups -OCH3 is 1. The molecule has 3 fully saturated rings. The van der Waals surface area contributed by atoms with Gasteiger partial charge in [0, 0.05) is 48.3 Å². The van der Waals surface area contributed by atoms with Crippen molar-refractivity contribution in [2.75, 3.05) is 27.2 Å². The van der Waals surface area contributed by atoms with Gasteiger partial charge in [-0.25, -0.2) is 23.2 Å². The third kappa shape index (κ3) is 7.56. The van der Waals surface area contributed by atoms with Gasteiger partial charge in [-0.3, -0.25) is 14.3 Å². The molecule has 1 aliphatic heterocycles. The summed E-state index contributed by atoms with van der Waals surface area (Å²) >= 11 is 0.775. The number of hydrogen-bond donors (Lipinski definition) is 2. The molecule has 2 unspecified atom stereocenters. The number of benzene rings is 1. The van der Waals surface area contributed by atoms with E-state index in [0.717, 1.165) is 16.7 Å². The van der Waals surface area contributed by atoms with Crippen molar-refractivity contribution in [2.24, 2.45) is 5.92 Å². The Balaban J connectivity index is 1.35. The number of sulfonamides is 1. The second-order valence-electron chi connectivity index (χ2n) is 14.7. The number of likely N-dealkylation sites (tertiary alicyclic amines) is 1. The predicted molar refractivity (Wildman–Crippen MR) is 205 cm³/mol. The minimum atomic E-state index is -4.66. The highest BCUT2D eigenvalue weighted by molar-refractivity contribution is 7.91. The average molecular weight is 819 g/mol. The predicted octanol–water partition coefficient (Wildman–Crippen LogP) is 5.98. The molecule has 13 nitrogen and oxygen atoms in total. The fourth-order valence-electron chi connectivity index (χ4n) is 7.22. The molecule has 18 heteroatoms. The second kappa shape index (κ2) is 15.3. The van der Waals surface area contributed by atoms with E-state index in [2.05, 4.69) is 33.2 Å². The summed E-state index contributed by atoms with van der Waals surface area (Å²) in [6.07, 6.45) is 0.514. The lowest BCUT2D eigenvalue weighted by atomic mass is 10.1. The van der Waals surface area contributed by atoms with Crippen LogP contribution in [0.5, 0.6) is 11.5 Å². The van der Waals surface area contributed by atoms with Crippen LogP contribution in [0.4, 0.5) is 18.0 Å². The zero-order valence-electron chi connectivity index (χ0n) is 31.6. The molecule has 3 aromatic rings. The van der Waals surface area contributed by atoms with Crippen LogP contribution in [0.15, 0.2) is 48.9 Å². The molecule has 0 bridgehead atoms. The maximum atomic E-state index is 14.8. The number of hydrogen-bond acceptors (Lipinski definition) is 10. The number of nitrogens with zero attached hydrogens (tertiary/aromatic N) is 4. The summed E-state index contributed by atoms with van der Waals surface area (Å²) in [4.78, 5) is 53.5. The van der Waals surface area contributed by atoms with Gasteiger partial charge in [-0.05, 0) is 64.5 Å². The monoisotopic (exact) mass is 818 g/mol. The Morgan fingerprint density at radius 1 is 1.16 bits per heavy atom. The Bertz CT molecular complexity index is 2170. The van der Waals surface area contributed by atoms with E-state index in [-0.39, 0.29) is 42.4 Å². The van der Waals surface area contributed by atoms with Crippen molar-refractivity contribution in [1.82, 2.24) is 29.8 Å². The van der Waals surface area contributed by atoms with Gasteiger partial charge in [0.05, 0.1) is 23.9 Å². The molecule has 3 aliphatic rings. The molecule has 4 amide bonds. The molecule has 1 saturated heterocycles. The molecular formula is C38H45F3N6O7S2. The number of aryl methyl sites for hydroxylation is 1. The molecule has 302 valence electrons. The Labute approximate surface area is 327 Å². The van der Waals surface area contributed by atoms with Crippen LogP contribution in [-0.4, -0.2) is 95.7 Å². The number of amides is 4. The first kappa shape index (κ1) is 40.9. The number of carbonyl (C=O) groups is 3. The number of carbonyl (C=O) groups excluding carboxylic acids is 3. The number of pyridine rings is 1. The Morgan fingerprint density at radius 3 is 2.48 bits per heavy atom. The van der Waals surface area contributed by atoms with E-state index in [4.69, 9.17) is 9.47 Å². The number of alkyl halides is 3. The van der Waals surface area contributed by atoms with E-state index >= 15 is 0 Å². The molecule has 6 rings (SSSR count). The highest BCUT2D eigenvalue weighted by Crippen LogP contribution is 2.52. The number of urea groups is 1. The number of fused-ring (bicyclic) bond motifs is 1. The van der Waals surface area contributed by atoms with E-state index in [1.807, 2.05) is 0 Å². The van der Waals surface area contributed by atoms with E-state index in [1.54, 1.807) is 32.1 Å². The van der Waals surface area contributed by atoms with Crippen molar-refractivity contribution in [2.45, 2.75) is 87.4 Å². The molecule has 2 aromatic heterocycles. The highest BCUT2D eigenvalue weighted by atomic mass is 32.2. The summed E-state index contributed by atoms with van der Waals surface area (Å²) in [6.45, 7) is 10.9. The normalized spacial score (nSPS) is 22.6. The first-order chi connectivity index (χ1) is 26.4. The van der Waals surface area contributed by atoms with Crippen molar-refractivity contribution in [3.63, 3.8) is 0 Å². The van der Waals surface area contributed by atoms with Crippen molar-refractivity contribution in [3.8, 4) is 22.2 Å². The number of ether oxygens (including phenoxy) is 2. The van der Waals surface area contributed by atoms with Crippen LogP contribution >= 0.6 is 11.3 Å². The number of likely N-dealkylation sites (N-methyl/N-ethyl adjacent to an activating group) is 1. The lowest BCUT2D eigenvalue weighted by Gasteiger charge is -2.37. The SMILES string of the molecule is C=CCCCCN(C(=O)N1CC(Oc2cc(-c3nc(C(F)(F)F)cs3)nc3c(C)c(OC)ccc23)CC1C(=O)NC)[C@]1(C(=O)NS(=O)(=O)C2(C)CC2)C[C@H]1C=C. The smallest absolute Gasteiger partial charge is 0.434 e. The summed E-state index contributed by atoms with van der Waals surface area (Å²) in [7, 11) is -1.14. The average Bonchev–Trinajstić information content (AvgIpc) is 3.96. The number of aromatic nitrogens is 2. The van der Waals surface area contributed by atoms with E-state index < -0.39 is 68.1 Å². The summed E-state index contributed by atoms with van der Waals surface area (Å²) < 4.78 is 80.2. The van der Waals surface area contributed by atoms with Gasteiger partial charge in [0.25, 0.3) is 5.91 Å². The van der Waals surface area contributed by atoms with Gasteiger partial charge in [-0.15, -0.1) is 24.5 Å². The first-order valence-electron chi connectivity index (χ1n) is 18.2. The summed E-state index contributed by atoms with van der Waals surface area (Å²) in [5, 5.41) is 4.03. The van der Waals surface area contributed by atoms with E-state index in [9.17, 15) is 36.0 Å². The summed E-state index contributed by atoms with van der Waals surface area (Å²) in [5.41, 5.74) is -1.50. The van der Waals surface area contributed by atoms with Crippen LogP contribution in [0, 0.1) is 12.8 Å². The molecule has 0 spiro atoms. The third-order valence-corrected chi connectivity index (χ3v) is 14.0. The Kier molecular flexibility index (Phi) is 11.2. The Morgan fingerprint density at radius 2 is 1.89 bits per heavy atom. The molecule has 2 saturated carbocycles. The second-order valence-corrected chi connectivity index (χ2v) is 17.7. The van der Waals surface area contributed by atoms with Gasteiger partial charge in [-0.2, -0.15) is 13.2 Å². The van der Waals surface area contributed by atoms with Crippen molar-refractivity contribution < 1.29 is 45.4 Å². The summed E-state index contributed by atoms with van der Waals surface area (Å²) in [6, 6.07) is 3.19. The minimum absolute atomic E-state index is 0.00679. The maximum absolute atomic E-state index is 14.8. The van der Waals surface area contributed by atoms with Gasteiger partial charge in [0.1, 0.15) is 39.9 Å². The topological polar surface area (TPSA) is 160 Å². The molecule has 3 heterocycles. The first-order valence-corrected chi connectivity index (χ1v) is 20.6. The van der Waals surface area contributed by atoms with Crippen LogP contribution in [0.1, 0.15) is 63.1 Å². The van der Waals surface area contributed by atoms with E-state index in [0.29, 0.717) is 54.3 Å². The quantitative estimate of drug-likeness (QED) is 0.139. The number of thiazole rings is 1. The van der Waals surface area contributed by atoms with Crippen molar-refractivity contribution in [3.05, 3.63) is 60.1 Å². The van der Waals surface area contributed by atoms with Crippen LogP contribution in [0.3, 0.4) is 0 Å². The number of allylic oxidation sites excluding steroid dienone is 1. The zero-order chi connectivity index (χ0) is 40.8. The fraction of sp³-hybridized carbons (Fsp3) is 0.500. The largest absolute Gasteiger partial charge is 0.496 e. The molecule has 0 radical (unpaired) electrons. The maximum Gasteiger partial charge on any atom is 0.434 e. The third-order valence-electron chi connectivity index (χ3n) is 11.0. The number of halogens is 3. The van der Waals surface area contributed by atoms with Crippen molar-refractivity contribution in [1.29, 1.82) is 0 Å². The van der Waals surface area contributed by atoms with Crippen molar-refractivity contribution >= 4 is 50.1 Å². The van der Waals surface area contributed by atoms with Crippen LogP contribution in [-0.2, 0) is 25.8 Å². The number of nitrogens with one attached hydrogen (secondary N) is 2. The van der Waals surface area contributed by atoms with Gasteiger partial charge >= 0.3 is 12.2 Å². The van der Waals surface area contributed by atoms with Crippen LogP contribution in [0.2, 0.25) is 0 Å².